The summed E-state index contributed by atoms with van der Waals surface area (Å²) in [6.45, 7) is 0. The van der Waals surface area contributed by atoms with Crippen LogP contribution in [-0.4, -0.2) is 37.4 Å². The summed E-state index contributed by atoms with van der Waals surface area (Å²) in [5, 5.41) is 19.2. The molecule has 11 nitrogen and oxygen atoms in total. The molecule has 13 heteroatoms. The van der Waals surface area contributed by atoms with Gasteiger partial charge in [0.15, 0.2) is 0 Å². The lowest BCUT2D eigenvalue weighted by atomic mass is 9.89. The number of primary amides is 1. The molecular formula is C25H23FN6O5S. The van der Waals surface area contributed by atoms with Crippen LogP contribution in [0.5, 0.6) is 0 Å². The Hall–Kier alpha value is -4.62. The summed E-state index contributed by atoms with van der Waals surface area (Å²) >= 11 is 0. The number of nitrogens with one attached hydrogen (secondary N) is 2. The number of hydrogen-bond donors (Lipinski definition) is 5. The van der Waals surface area contributed by atoms with Crippen LogP contribution in [0, 0.1) is 11.2 Å². The Morgan fingerprint density at radius 1 is 1.05 bits per heavy atom. The normalized spacial score (nSPS) is 16.8. The molecular weight excluding hydrogens is 515 g/mol. The number of primary sulfonamides is 1. The number of benzene rings is 3. The lowest BCUT2D eigenvalue weighted by Gasteiger charge is -2.24. The second kappa shape index (κ2) is 10.0. The Morgan fingerprint density at radius 2 is 1.79 bits per heavy atom. The molecule has 1 heterocycles. The molecule has 0 spiro atoms. The minimum atomic E-state index is -4.07. The van der Waals surface area contributed by atoms with E-state index in [9.17, 15) is 18.0 Å². The molecule has 196 valence electrons. The number of amidine groups is 1. The number of sulfonamides is 1. The first-order valence-electron chi connectivity index (χ1n) is 11.1. The zero-order chi connectivity index (χ0) is 27.7. The number of anilines is 1. The molecule has 0 radical (unpaired) electrons. The SMILES string of the molecule is N=C(N)c1cccc(C2=NOC(CC(N)=O)(C(=O)Nc3ccc(-c4ccccc4S(N)(=O)=O)cc3F)C2)c1. The van der Waals surface area contributed by atoms with E-state index in [0.717, 1.165) is 6.07 Å². The van der Waals surface area contributed by atoms with Gasteiger partial charge in [0.1, 0.15) is 11.7 Å². The van der Waals surface area contributed by atoms with Crippen molar-refractivity contribution >= 4 is 39.1 Å². The average Bonchev–Trinajstić information content (AvgIpc) is 3.29. The predicted molar refractivity (Wildman–Crippen MR) is 138 cm³/mol. The van der Waals surface area contributed by atoms with E-state index in [4.69, 9.17) is 26.9 Å². The van der Waals surface area contributed by atoms with E-state index in [0.29, 0.717) is 16.8 Å². The minimum Gasteiger partial charge on any atom is -0.384 e. The maximum absolute atomic E-state index is 15.1. The van der Waals surface area contributed by atoms with E-state index in [2.05, 4.69) is 10.5 Å². The van der Waals surface area contributed by atoms with Crippen LogP contribution >= 0.6 is 0 Å². The van der Waals surface area contributed by atoms with Crippen molar-refractivity contribution in [1.29, 1.82) is 5.41 Å². The van der Waals surface area contributed by atoms with Crippen molar-refractivity contribution < 1.29 is 27.2 Å². The van der Waals surface area contributed by atoms with Crippen molar-refractivity contribution in [3.63, 3.8) is 0 Å². The summed E-state index contributed by atoms with van der Waals surface area (Å²) in [6, 6.07) is 16.1. The van der Waals surface area contributed by atoms with Crippen LogP contribution in [0.1, 0.15) is 24.0 Å². The fourth-order valence-electron chi connectivity index (χ4n) is 4.05. The van der Waals surface area contributed by atoms with E-state index >= 15 is 4.39 Å². The second-order valence-corrected chi connectivity index (χ2v) is 10.2. The van der Waals surface area contributed by atoms with Gasteiger partial charge in [-0.05, 0) is 29.8 Å². The van der Waals surface area contributed by atoms with E-state index in [-0.39, 0.29) is 34.0 Å². The maximum Gasteiger partial charge on any atom is 0.272 e. The molecule has 0 aliphatic carbocycles. The molecule has 0 bridgehead atoms. The van der Waals surface area contributed by atoms with E-state index in [1.54, 1.807) is 30.3 Å². The molecule has 0 saturated carbocycles. The monoisotopic (exact) mass is 538 g/mol. The molecule has 1 aliphatic heterocycles. The van der Waals surface area contributed by atoms with E-state index in [1.807, 2.05) is 0 Å². The van der Waals surface area contributed by atoms with Crippen molar-refractivity contribution in [1.82, 2.24) is 0 Å². The molecule has 0 saturated heterocycles. The Bertz CT molecular complexity index is 1610. The average molecular weight is 539 g/mol. The van der Waals surface area contributed by atoms with Crippen molar-refractivity contribution in [2.75, 3.05) is 5.32 Å². The molecule has 0 aromatic heterocycles. The van der Waals surface area contributed by atoms with Gasteiger partial charge >= 0.3 is 0 Å². The van der Waals surface area contributed by atoms with Gasteiger partial charge in [-0.1, -0.05) is 47.6 Å². The highest BCUT2D eigenvalue weighted by Gasteiger charge is 2.48. The van der Waals surface area contributed by atoms with Gasteiger partial charge in [0, 0.05) is 23.1 Å². The fraction of sp³-hybridized carbons (Fsp3) is 0.120. The van der Waals surface area contributed by atoms with E-state index in [1.165, 1.54) is 30.3 Å². The van der Waals surface area contributed by atoms with Gasteiger partial charge in [0.05, 0.1) is 22.7 Å². The first kappa shape index (κ1) is 26.4. The highest BCUT2D eigenvalue weighted by Crippen LogP contribution is 2.33. The fourth-order valence-corrected chi connectivity index (χ4v) is 4.81. The number of carbonyl (C=O) groups excluding carboxylic acids is 2. The predicted octanol–water partition coefficient (Wildman–Crippen LogP) is 1.80. The van der Waals surface area contributed by atoms with Crippen molar-refractivity contribution in [3.8, 4) is 11.1 Å². The summed E-state index contributed by atoms with van der Waals surface area (Å²) in [5.41, 5.74) is 10.5. The van der Waals surface area contributed by atoms with Gasteiger partial charge in [0.25, 0.3) is 5.91 Å². The number of oxime groups is 1. The smallest absolute Gasteiger partial charge is 0.272 e. The molecule has 2 amide bonds. The molecule has 1 unspecified atom stereocenters. The largest absolute Gasteiger partial charge is 0.384 e. The Labute approximate surface area is 217 Å². The zero-order valence-corrected chi connectivity index (χ0v) is 20.6. The van der Waals surface area contributed by atoms with Crippen LogP contribution in [0.3, 0.4) is 0 Å². The number of nitrogen functional groups attached to an aromatic ring is 1. The lowest BCUT2D eigenvalue weighted by Crippen LogP contribution is -2.46. The van der Waals surface area contributed by atoms with Gasteiger partial charge in [-0.15, -0.1) is 0 Å². The van der Waals surface area contributed by atoms with Crippen LogP contribution in [0.15, 0.2) is 76.8 Å². The lowest BCUT2D eigenvalue weighted by molar-refractivity contribution is -0.144. The third kappa shape index (κ3) is 5.38. The standard InChI is InChI=1S/C25H23FN6O5S/c26-18-11-14(17-6-1-2-7-21(17)38(30,35)36)8-9-19(18)31-24(34)25(13-22(27)33)12-20(32-37-25)15-4-3-5-16(10-15)23(28)29/h1-11H,12-13H2,(H2,27,33)(H3,28,29)(H,31,34)(H2,30,35,36). The van der Waals surface area contributed by atoms with Crippen LogP contribution < -0.4 is 21.9 Å². The summed E-state index contributed by atoms with van der Waals surface area (Å²) in [4.78, 5) is 30.3. The molecule has 4 rings (SSSR count). The summed E-state index contributed by atoms with van der Waals surface area (Å²) in [5.74, 6) is -2.75. The Kier molecular flexibility index (Phi) is 6.98. The first-order chi connectivity index (χ1) is 17.9. The number of halogens is 1. The molecule has 38 heavy (non-hydrogen) atoms. The topological polar surface area (TPSA) is 204 Å². The van der Waals surface area contributed by atoms with Gasteiger partial charge in [-0.25, -0.2) is 17.9 Å². The van der Waals surface area contributed by atoms with Crippen LogP contribution in [0.2, 0.25) is 0 Å². The van der Waals surface area contributed by atoms with Gasteiger partial charge in [-0.2, -0.15) is 0 Å². The quantitative estimate of drug-likeness (QED) is 0.213. The first-order valence-corrected chi connectivity index (χ1v) is 12.7. The van der Waals surface area contributed by atoms with Crippen molar-refractivity contribution in [3.05, 3.63) is 83.7 Å². The molecule has 1 atom stereocenters. The highest BCUT2D eigenvalue weighted by atomic mass is 32.2. The van der Waals surface area contributed by atoms with Crippen LogP contribution in [-0.2, 0) is 24.4 Å². The third-order valence-corrected chi connectivity index (χ3v) is 6.85. The number of nitrogens with zero attached hydrogens (tertiary/aromatic N) is 1. The molecule has 3 aromatic rings. The Balaban J connectivity index is 1.60. The van der Waals surface area contributed by atoms with E-state index < -0.39 is 39.7 Å². The highest BCUT2D eigenvalue weighted by molar-refractivity contribution is 7.89. The molecule has 8 N–H and O–H groups in total. The molecule has 0 fully saturated rings. The summed E-state index contributed by atoms with van der Waals surface area (Å²) in [6.07, 6.45) is -0.704. The zero-order valence-electron chi connectivity index (χ0n) is 19.8. The number of carbonyl (C=O) groups is 2. The number of nitrogens with two attached hydrogens (primary N) is 3. The second-order valence-electron chi connectivity index (χ2n) is 8.63. The van der Waals surface area contributed by atoms with Crippen molar-refractivity contribution in [2.45, 2.75) is 23.3 Å². The Morgan fingerprint density at radius 3 is 2.45 bits per heavy atom. The molecule has 1 aliphatic rings. The van der Waals surface area contributed by atoms with Gasteiger partial charge in [0.2, 0.25) is 21.5 Å². The maximum atomic E-state index is 15.1. The molecule has 3 aromatic carbocycles. The summed E-state index contributed by atoms with van der Waals surface area (Å²) < 4.78 is 38.9. The number of hydrogen-bond acceptors (Lipinski definition) is 7. The van der Waals surface area contributed by atoms with Crippen LogP contribution in [0.4, 0.5) is 10.1 Å². The van der Waals surface area contributed by atoms with Crippen molar-refractivity contribution in [2.24, 2.45) is 21.8 Å². The third-order valence-electron chi connectivity index (χ3n) is 5.89. The van der Waals surface area contributed by atoms with Crippen LogP contribution in [0.25, 0.3) is 11.1 Å². The van der Waals surface area contributed by atoms with Gasteiger partial charge in [-0.3, -0.25) is 15.0 Å². The number of rotatable bonds is 8. The number of amides is 2. The minimum absolute atomic E-state index is 0.162. The van der Waals surface area contributed by atoms with Gasteiger partial charge < -0.3 is 21.6 Å². The summed E-state index contributed by atoms with van der Waals surface area (Å²) in [7, 11) is -4.07.